The topological polar surface area (TPSA) is 12.0 Å². The molecule has 0 radical (unpaired) electrons. The molecule has 0 spiro atoms. The Balaban J connectivity index is 4.03. The van der Waals surface area contributed by atoms with Crippen LogP contribution in [0.1, 0.15) is 60.3 Å². The summed E-state index contributed by atoms with van der Waals surface area (Å²) in [6.07, 6.45) is 5.30. The maximum atomic E-state index is 3.59. The summed E-state index contributed by atoms with van der Waals surface area (Å²) in [5.74, 6) is 2.63. The van der Waals surface area contributed by atoms with Gasteiger partial charge in [-0.05, 0) is 43.7 Å². The molecule has 0 rings (SSSR count). The van der Waals surface area contributed by atoms with E-state index in [0.717, 1.165) is 17.8 Å². The molecule has 1 nitrogen and oxygen atoms in total. The summed E-state index contributed by atoms with van der Waals surface area (Å²) in [7, 11) is 0. The summed E-state index contributed by atoms with van der Waals surface area (Å²) < 4.78 is 0. The molecule has 1 atom stereocenters. The van der Waals surface area contributed by atoms with Gasteiger partial charge in [0.1, 0.15) is 0 Å². The summed E-state index contributed by atoms with van der Waals surface area (Å²) in [5.41, 5.74) is 0. The van der Waals surface area contributed by atoms with E-state index in [1.807, 2.05) is 0 Å². The van der Waals surface area contributed by atoms with Crippen molar-refractivity contribution in [3.8, 4) is 0 Å². The van der Waals surface area contributed by atoms with Gasteiger partial charge in [-0.15, -0.1) is 0 Å². The average Bonchev–Trinajstić information content (AvgIpc) is 2.19. The molecule has 0 saturated heterocycles. The van der Waals surface area contributed by atoms with E-state index >= 15 is 0 Å². The monoisotopic (exact) mass is 213 g/mol. The van der Waals surface area contributed by atoms with E-state index in [1.54, 1.807) is 0 Å². The van der Waals surface area contributed by atoms with Gasteiger partial charge in [0.15, 0.2) is 0 Å². The minimum atomic E-state index is 0.832. The smallest absolute Gasteiger partial charge is 0.00178 e. The lowest BCUT2D eigenvalue weighted by atomic mass is 9.82. The van der Waals surface area contributed by atoms with Crippen LogP contribution in [0.5, 0.6) is 0 Å². The van der Waals surface area contributed by atoms with E-state index in [2.05, 4.69) is 39.9 Å². The fourth-order valence-corrected chi connectivity index (χ4v) is 2.47. The molecule has 0 aromatic heterocycles. The molecule has 0 aliphatic heterocycles. The van der Waals surface area contributed by atoms with Crippen molar-refractivity contribution >= 4 is 0 Å². The number of nitrogens with one attached hydrogen (secondary N) is 1. The first-order chi connectivity index (χ1) is 7.15. The molecule has 0 heterocycles. The number of hydrogen-bond donors (Lipinski definition) is 1. The highest BCUT2D eigenvalue weighted by Gasteiger charge is 2.18. The molecule has 15 heavy (non-hydrogen) atoms. The molecule has 1 heteroatoms. The van der Waals surface area contributed by atoms with Crippen LogP contribution in [0.3, 0.4) is 0 Å². The van der Waals surface area contributed by atoms with Gasteiger partial charge in [-0.3, -0.25) is 0 Å². The van der Waals surface area contributed by atoms with Crippen molar-refractivity contribution in [3.63, 3.8) is 0 Å². The highest BCUT2D eigenvalue weighted by molar-refractivity contribution is 4.72. The molecule has 0 aromatic carbocycles. The van der Waals surface area contributed by atoms with Gasteiger partial charge >= 0.3 is 0 Å². The molecule has 92 valence electrons. The molecule has 0 aromatic rings. The molecule has 1 N–H and O–H groups in total. The van der Waals surface area contributed by atoms with E-state index < -0.39 is 0 Å². The Hall–Kier alpha value is -0.0400. The molecular weight excluding hydrogens is 182 g/mol. The van der Waals surface area contributed by atoms with Crippen molar-refractivity contribution < 1.29 is 0 Å². The highest BCUT2D eigenvalue weighted by atomic mass is 14.9. The Kier molecular flexibility index (Phi) is 9.18. The van der Waals surface area contributed by atoms with E-state index in [9.17, 15) is 0 Å². The second-order valence-electron chi connectivity index (χ2n) is 5.17. The lowest BCUT2D eigenvalue weighted by Crippen LogP contribution is -2.29. The second kappa shape index (κ2) is 9.21. The van der Waals surface area contributed by atoms with Crippen LogP contribution in [0.2, 0.25) is 0 Å². The second-order valence-corrected chi connectivity index (χ2v) is 5.17. The summed E-state index contributed by atoms with van der Waals surface area (Å²) in [4.78, 5) is 0. The SMILES string of the molecule is CCCNCC(CC(C)C)C(CC)CC. The average molecular weight is 213 g/mol. The summed E-state index contributed by atoms with van der Waals surface area (Å²) in [6, 6.07) is 0. The Morgan fingerprint density at radius 2 is 1.53 bits per heavy atom. The molecule has 0 bridgehead atoms. The van der Waals surface area contributed by atoms with Crippen LogP contribution in [-0.2, 0) is 0 Å². The van der Waals surface area contributed by atoms with Crippen molar-refractivity contribution in [1.82, 2.24) is 5.32 Å². The molecule has 0 aliphatic rings. The third-order valence-electron chi connectivity index (χ3n) is 3.32. The molecular formula is C14H31N. The van der Waals surface area contributed by atoms with Crippen molar-refractivity contribution in [1.29, 1.82) is 0 Å². The lowest BCUT2D eigenvalue weighted by Gasteiger charge is -2.27. The molecule has 1 unspecified atom stereocenters. The van der Waals surface area contributed by atoms with Gasteiger partial charge in [-0.2, -0.15) is 0 Å². The fourth-order valence-electron chi connectivity index (χ4n) is 2.47. The normalized spacial score (nSPS) is 13.8. The molecule has 0 amide bonds. The number of rotatable bonds is 9. The number of hydrogen-bond acceptors (Lipinski definition) is 1. The van der Waals surface area contributed by atoms with Gasteiger partial charge in [-0.25, -0.2) is 0 Å². The highest BCUT2D eigenvalue weighted by Crippen LogP contribution is 2.25. The third kappa shape index (κ3) is 6.94. The van der Waals surface area contributed by atoms with Gasteiger partial charge in [0, 0.05) is 0 Å². The Labute approximate surface area is 97.0 Å². The van der Waals surface area contributed by atoms with Crippen LogP contribution in [0.25, 0.3) is 0 Å². The predicted octanol–water partition coefficient (Wildman–Crippen LogP) is 4.08. The first kappa shape index (κ1) is 15.0. The van der Waals surface area contributed by atoms with Crippen molar-refractivity contribution in [2.24, 2.45) is 17.8 Å². The van der Waals surface area contributed by atoms with E-state index in [1.165, 1.54) is 38.8 Å². The third-order valence-corrected chi connectivity index (χ3v) is 3.32. The first-order valence-electron chi connectivity index (χ1n) is 6.86. The maximum Gasteiger partial charge on any atom is -0.00178 e. The zero-order valence-corrected chi connectivity index (χ0v) is 11.5. The van der Waals surface area contributed by atoms with Crippen LogP contribution >= 0.6 is 0 Å². The summed E-state index contributed by atoms with van der Waals surface area (Å²) in [5, 5.41) is 3.59. The zero-order valence-electron chi connectivity index (χ0n) is 11.5. The van der Waals surface area contributed by atoms with Crippen LogP contribution in [0.4, 0.5) is 0 Å². The van der Waals surface area contributed by atoms with Gasteiger partial charge in [0.2, 0.25) is 0 Å². The largest absolute Gasteiger partial charge is 0.316 e. The predicted molar refractivity (Wildman–Crippen MR) is 70.2 cm³/mol. The minimum Gasteiger partial charge on any atom is -0.316 e. The summed E-state index contributed by atoms with van der Waals surface area (Å²) >= 11 is 0. The Morgan fingerprint density at radius 1 is 0.933 bits per heavy atom. The Bertz CT molecular complexity index is 127. The maximum absolute atomic E-state index is 3.59. The van der Waals surface area contributed by atoms with E-state index in [4.69, 9.17) is 0 Å². The van der Waals surface area contributed by atoms with E-state index in [-0.39, 0.29) is 0 Å². The van der Waals surface area contributed by atoms with Crippen LogP contribution in [0, 0.1) is 17.8 Å². The van der Waals surface area contributed by atoms with Crippen LogP contribution < -0.4 is 5.32 Å². The molecule has 0 fully saturated rings. The van der Waals surface area contributed by atoms with Crippen LogP contribution in [-0.4, -0.2) is 13.1 Å². The van der Waals surface area contributed by atoms with Gasteiger partial charge in [0.25, 0.3) is 0 Å². The van der Waals surface area contributed by atoms with Gasteiger partial charge < -0.3 is 5.32 Å². The quantitative estimate of drug-likeness (QED) is 0.569. The van der Waals surface area contributed by atoms with E-state index in [0.29, 0.717) is 0 Å². The van der Waals surface area contributed by atoms with Gasteiger partial charge in [0.05, 0.1) is 0 Å². The van der Waals surface area contributed by atoms with Gasteiger partial charge in [-0.1, -0.05) is 47.5 Å². The summed E-state index contributed by atoms with van der Waals surface area (Å²) in [6.45, 7) is 14.0. The zero-order chi connectivity index (χ0) is 11.7. The van der Waals surface area contributed by atoms with Crippen LogP contribution in [0.15, 0.2) is 0 Å². The standard InChI is InChI=1S/C14H31N/c1-6-9-15-11-14(10-12(4)5)13(7-2)8-3/h12-15H,6-11H2,1-5H3. The lowest BCUT2D eigenvalue weighted by molar-refractivity contribution is 0.257. The van der Waals surface area contributed by atoms with Crippen molar-refractivity contribution in [2.45, 2.75) is 60.3 Å². The Morgan fingerprint density at radius 3 is 1.93 bits per heavy atom. The molecule has 0 aliphatic carbocycles. The fraction of sp³-hybridized carbons (Fsp3) is 1.00. The van der Waals surface area contributed by atoms with Crippen molar-refractivity contribution in [3.05, 3.63) is 0 Å². The van der Waals surface area contributed by atoms with Crippen molar-refractivity contribution in [2.75, 3.05) is 13.1 Å². The molecule has 0 saturated carbocycles. The first-order valence-corrected chi connectivity index (χ1v) is 6.86. The minimum absolute atomic E-state index is 0.832.